The van der Waals surface area contributed by atoms with Gasteiger partial charge in [0, 0.05) is 17.7 Å². The quantitative estimate of drug-likeness (QED) is 0.490. The maximum absolute atomic E-state index is 12.8. The van der Waals surface area contributed by atoms with Crippen molar-refractivity contribution in [2.45, 2.75) is 12.5 Å². The molecule has 1 N–H and O–H groups in total. The van der Waals surface area contributed by atoms with Crippen LogP contribution >= 0.6 is 11.3 Å². The lowest BCUT2D eigenvalue weighted by Gasteiger charge is -2.13. The van der Waals surface area contributed by atoms with E-state index in [-0.39, 0.29) is 23.2 Å². The van der Waals surface area contributed by atoms with Crippen LogP contribution in [0.4, 0.5) is 5.82 Å². The van der Waals surface area contributed by atoms with Crippen molar-refractivity contribution >= 4 is 32.9 Å². The fourth-order valence-corrected chi connectivity index (χ4v) is 5.95. The van der Waals surface area contributed by atoms with Gasteiger partial charge in [-0.3, -0.25) is 4.79 Å². The van der Waals surface area contributed by atoms with Crippen molar-refractivity contribution in [1.29, 1.82) is 0 Å². The second kappa shape index (κ2) is 7.78. The molecule has 0 unspecified atom stereocenters. The minimum atomic E-state index is -3.12. The van der Waals surface area contributed by atoms with Gasteiger partial charge in [-0.15, -0.1) is 11.3 Å². The van der Waals surface area contributed by atoms with E-state index in [9.17, 15) is 13.2 Å². The molecular weight excluding hydrogens is 436 g/mol. The molecule has 3 aromatic heterocycles. The zero-order valence-electron chi connectivity index (χ0n) is 16.3. The number of carbonyl (C=O) groups excluding carboxylic acids is 1. The summed E-state index contributed by atoms with van der Waals surface area (Å²) in [5.74, 6) is 0.595. The molecule has 1 aromatic carbocycles. The van der Waals surface area contributed by atoms with Gasteiger partial charge in [-0.05, 0) is 17.9 Å². The van der Waals surface area contributed by atoms with Crippen LogP contribution in [0, 0.1) is 0 Å². The molecule has 0 radical (unpaired) electrons. The van der Waals surface area contributed by atoms with Crippen molar-refractivity contribution in [3.63, 3.8) is 0 Å². The van der Waals surface area contributed by atoms with Gasteiger partial charge in [-0.25, -0.2) is 13.1 Å². The minimum absolute atomic E-state index is 0.00172. The molecule has 1 atom stereocenters. The summed E-state index contributed by atoms with van der Waals surface area (Å²) in [5.41, 5.74) is 1.66. The molecule has 1 amide bonds. The topological polar surface area (TPSA) is 107 Å². The van der Waals surface area contributed by atoms with Crippen LogP contribution in [0.3, 0.4) is 0 Å². The van der Waals surface area contributed by atoms with Crippen molar-refractivity contribution in [3.8, 4) is 21.9 Å². The Morgan fingerprint density at radius 3 is 2.71 bits per heavy atom. The lowest BCUT2D eigenvalue weighted by molar-refractivity contribution is 0.101. The summed E-state index contributed by atoms with van der Waals surface area (Å²) in [6, 6.07) is 16.3. The van der Waals surface area contributed by atoms with Gasteiger partial charge in [-0.2, -0.15) is 5.10 Å². The Labute approximate surface area is 182 Å². The van der Waals surface area contributed by atoms with E-state index >= 15 is 0 Å². The van der Waals surface area contributed by atoms with Crippen LogP contribution in [0.15, 0.2) is 64.5 Å². The van der Waals surface area contributed by atoms with Gasteiger partial charge < -0.3 is 9.84 Å². The van der Waals surface area contributed by atoms with Crippen molar-refractivity contribution in [2.24, 2.45) is 0 Å². The zero-order valence-corrected chi connectivity index (χ0v) is 17.9. The van der Waals surface area contributed by atoms with Gasteiger partial charge in [0.25, 0.3) is 5.91 Å². The fraction of sp³-hybridized carbons (Fsp3) is 0.190. The van der Waals surface area contributed by atoms with Gasteiger partial charge >= 0.3 is 0 Å². The summed E-state index contributed by atoms with van der Waals surface area (Å²) < 4.78 is 30.9. The number of hydrogen-bond donors (Lipinski definition) is 1. The number of thiophene rings is 1. The van der Waals surface area contributed by atoms with E-state index in [2.05, 4.69) is 15.6 Å². The van der Waals surface area contributed by atoms with E-state index in [1.807, 2.05) is 47.8 Å². The third-order valence-corrected chi connectivity index (χ3v) is 7.74. The Balaban J connectivity index is 1.46. The zero-order chi connectivity index (χ0) is 21.4. The van der Waals surface area contributed by atoms with Gasteiger partial charge in [0.15, 0.2) is 21.3 Å². The van der Waals surface area contributed by atoms with Crippen molar-refractivity contribution in [2.75, 3.05) is 16.8 Å². The van der Waals surface area contributed by atoms with Gasteiger partial charge in [0.2, 0.25) is 0 Å². The van der Waals surface area contributed by atoms with Crippen molar-refractivity contribution < 1.29 is 17.7 Å². The number of aromatic nitrogens is 3. The van der Waals surface area contributed by atoms with Gasteiger partial charge in [0.1, 0.15) is 5.82 Å². The molecule has 8 nitrogen and oxygen atoms in total. The summed E-state index contributed by atoms with van der Waals surface area (Å²) in [5, 5.41) is 13.2. The largest absolute Gasteiger partial charge is 0.355 e. The van der Waals surface area contributed by atoms with Crippen LogP contribution < -0.4 is 5.32 Å². The summed E-state index contributed by atoms with van der Waals surface area (Å²) in [4.78, 5) is 13.7. The first kappa shape index (κ1) is 19.7. The number of anilines is 1. The number of rotatable bonds is 5. The number of amides is 1. The van der Waals surface area contributed by atoms with E-state index in [0.717, 1.165) is 10.4 Å². The first-order chi connectivity index (χ1) is 15.0. The third kappa shape index (κ3) is 4.04. The van der Waals surface area contributed by atoms with Crippen LogP contribution in [-0.2, 0) is 9.84 Å². The molecule has 5 rings (SSSR count). The van der Waals surface area contributed by atoms with Gasteiger partial charge in [0.05, 0.1) is 28.1 Å². The molecular formula is C21H18N4O4S2. The van der Waals surface area contributed by atoms with E-state index in [1.54, 1.807) is 16.8 Å². The maximum atomic E-state index is 12.8. The molecule has 0 bridgehead atoms. The molecule has 1 aliphatic rings. The van der Waals surface area contributed by atoms with Crippen molar-refractivity contribution in [3.05, 3.63) is 65.7 Å². The predicted octanol–water partition coefficient (Wildman–Crippen LogP) is 3.88. The Morgan fingerprint density at radius 2 is 2.00 bits per heavy atom. The normalized spacial score (nSPS) is 17.6. The van der Waals surface area contributed by atoms with Crippen LogP contribution in [-0.4, -0.2) is 40.8 Å². The average Bonchev–Trinajstić information content (AvgIpc) is 3.54. The highest BCUT2D eigenvalue weighted by molar-refractivity contribution is 7.91. The molecule has 4 heterocycles. The lowest BCUT2D eigenvalue weighted by Crippen LogP contribution is -2.19. The number of carbonyl (C=O) groups is 1. The Bertz CT molecular complexity index is 1320. The highest BCUT2D eigenvalue weighted by Gasteiger charge is 2.32. The molecule has 158 valence electrons. The summed E-state index contributed by atoms with van der Waals surface area (Å²) >= 11 is 1.49. The highest BCUT2D eigenvalue weighted by atomic mass is 32.2. The average molecular weight is 455 g/mol. The molecule has 10 heteroatoms. The van der Waals surface area contributed by atoms with E-state index in [0.29, 0.717) is 23.7 Å². The molecule has 0 saturated carbocycles. The Kier molecular flexibility index (Phi) is 4.95. The predicted molar refractivity (Wildman–Crippen MR) is 118 cm³/mol. The monoisotopic (exact) mass is 454 g/mol. The Hall–Kier alpha value is -3.24. The summed E-state index contributed by atoms with van der Waals surface area (Å²) in [6.45, 7) is 0. The van der Waals surface area contributed by atoms with Crippen LogP contribution in [0.25, 0.3) is 21.9 Å². The van der Waals surface area contributed by atoms with Crippen LogP contribution in [0.1, 0.15) is 23.0 Å². The molecule has 1 saturated heterocycles. The first-order valence-electron chi connectivity index (χ1n) is 9.66. The lowest BCUT2D eigenvalue weighted by atomic mass is 10.1. The summed E-state index contributed by atoms with van der Waals surface area (Å²) in [7, 11) is -3.12. The standard InChI is InChI=1S/C21H18N4O4S2/c26-21(17-11-18(29-24-17)19-7-4-9-30-19)22-20-12-16(14-5-2-1-3-6-14)23-25(20)15-8-10-31(27,28)13-15/h1-7,9,11-12,15H,8,10,13H2,(H,22,26)/t15-/m1/s1. The second-order valence-corrected chi connectivity index (χ2v) is 10.5. The number of nitrogens with zero attached hydrogens (tertiary/aromatic N) is 3. The number of hydrogen-bond acceptors (Lipinski definition) is 7. The maximum Gasteiger partial charge on any atom is 0.279 e. The smallest absolute Gasteiger partial charge is 0.279 e. The molecule has 1 aliphatic heterocycles. The number of nitrogens with one attached hydrogen (secondary N) is 1. The van der Waals surface area contributed by atoms with E-state index in [4.69, 9.17) is 4.52 Å². The third-order valence-electron chi connectivity index (χ3n) is 5.11. The Morgan fingerprint density at radius 1 is 1.16 bits per heavy atom. The highest BCUT2D eigenvalue weighted by Crippen LogP contribution is 2.31. The summed E-state index contributed by atoms with van der Waals surface area (Å²) in [6.07, 6.45) is 0.452. The molecule has 0 aliphatic carbocycles. The molecule has 1 fully saturated rings. The van der Waals surface area contributed by atoms with E-state index < -0.39 is 15.7 Å². The second-order valence-electron chi connectivity index (χ2n) is 7.29. The molecule has 0 spiro atoms. The minimum Gasteiger partial charge on any atom is -0.355 e. The fourth-order valence-electron chi connectivity index (χ4n) is 3.58. The number of sulfone groups is 1. The number of benzene rings is 1. The van der Waals surface area contributed by atoms with Crippen molar-refractivity contribution in [1.82, 2.24) is 14.9 Å². The SMILES string of the molecule is O=C(Nc1cc(-c2ccccc2)nn1[C@@H]1CCS(=O)(=O)C1)c1cc(-c2cccs2)on1. The van der Waals surface area contributed by atoms with E-state index in [1.165, 1.54) is 11.3 Å². The molecule has 31 heavy (non-hydrogen) atoms. The van der Waals surface area contributed by atoms with Crippen LogP contribution in [0.5, 0.6) is 0 Å². The van der Waals surface area contributed by atoms with Gasteiger partial charge in [-0.1, -0.05) is 41.6 Å². The molecule has 4 aromatic rings. The first-order valence-corrected chi connectivity index (χ1v) is 12.4. The van der Waals surface area contributed by atoms with Crippen LogP contribution in [0.2, 0.25) is 0 Å².